The first-order chi connectivity index (χ1) is 6.00. The van der Waals surface area contributed by atoms with E-state index in [1.54, 1.807) is 0 Å². The largest absolute Gasteiger partial charge is 0.506 e. The standard InChI is InChI=1S/C9H11BrClNO.ClH/c1-4-6(3-12)9(13)7(10)5(2)8(4)11;/h13H,3,12H2,1-2H3;1H. The van der Waals surface area contributed by atoms with Crippen LogP contribution in [0.2, 0.25) is 5.02 Å². The molecule has 0 aliphatic rings. The summed E-state index contributed by atoms with van der Waals surface area (Å²) in [5, 5.41) is 10.4. The summed E-state index contributed by atoms with van der Waals surface area (Å²) in [4.78, 5) is 0. The fourth-order valence-electron chi connectivity index (χ4n) is 1.25. The zero-order chi connectivity index (χ0) is 10.2. The van der Waals surface area contributed by atoms with E-state index in [1.165, 1.54) is 0 Å². The maximum atomic E-state index is 9.70. The summed E-state index contributed by atoms with van der Waals surface area (Å²) in [7, 11) is 0. The molecular weight excluding hydrogens is 289 g/mol. The van der Waals surface area contributed by atoms with E-state index in [0.29, 0.717) is 15.1 Å². The summed E-state index contributed by atoms with van der Waals surface area (Å²) in [6.07, 6.45) is 0. The van der Waals surface area contributed by atoms with E-state index in [2.05, 4.69) is 15.9 Å². The van der Waals surface area contributed by atoms with Gasteiger partial charge in [0.1, 0.15) is 5.75 Å². The van der Waals surface area contributed by atoms with Gasteiger partial charge in [-0.1, -0.05) is 11.6 Å². The van der Waals surface area contributed by atoms with Gasteiger partial charge >= 0.3 is 0 Å². The van der Waals surface area contributed by atoms with E-state index >= 15 is 0 Å². The van der Waals surface area contributed by atoms with Crippen LogP contribution < -0.4 is 5.73 Å². The van der Waals surface area contributed by atoms with Crippen molar-refractivity contribution < 1.29 is 5.11 Å². The quantitative estimate of drug-likeness (QED) is 0.836. The lowest BCUT2D eigenvalue weighted by Gasteiger charge is -2.13. The van der Waals surface area contributed by atoms with Gasteiger partial charge in [0.15, 0.2) is 0 Å². The Morgan fingerprint density at radius 3 is 2.29 bits per heavy atom. The molecule has 3 N–H and O–H groups in total. The van der Waals surface area contributed by atoms with Crippen molar-refractivity contribution in [1.29, 1.82) is 0 Å². The van der Waals surface area contributed by atoms with Crippen LogP contribution in [0.3, 0.4) is 0 Å². The molecule has 0 spiro atoms. The van der Waals surface area contributed by atoms with Gasteiger partial charge in [-0.15, -0.1) is 12.4 Å². The highest BCUT2D eigenvalue weighted by molar-refractivity contribution is 9.10. The first-order valence-corrected chi connectivity index (χ1v) is 5.03. The van der Waals surface area contributed by atoms with Crippen LogP contribution in [0.5, 0.6) is 5.75 Å². The molecule has 1 rings (SSSR count). The summed E-state index contributed by atoms with van der Waals surface area (Å²) < 4.78 is 0.628. The minimum atomic E-state index is 0. The minimum Gasteiger partial charge on any atom is -0.506 e. The fourth-order valence-corrected chi connectivity index (χ4v) is 2.01. The van der Waals surface area contributed by atoms with Crippen molar-refractivity contribution in [2.45, 2.75) is 20.4 Å². The highest BCUT2D eigenvalue weighted by Gasteiger charge is 2.14. The highest BCUT2D eigenvalue weighted by Crippen LogP contribution is 2.38. The van der Waals surface area contributed by atoms with E-state index in [4.69, 9.17) is 17.3 Å². The normalized spacial score (nSPS) is 9.79. The van der Waals surface area contributed by atoms with Gasteiger partial charge in [-0.3, -0.25) is 0 Å². The number of nitrogens with two attached hydrogens (primary N) is 1. The van der Waals surface area contributed by atoms with Crippen LogP contribution in [0.4, 0.5) is 0 Å². The Bertz CT molecular complexity index is 326. The van der Waals surface area contributed by atoms with Crippen LogP contribution >= 0.6 is 39.9 Å². The van der Waals surface area contributed by atoms with E-state index in [-0.39, 0.29) is 24.7 Å². The fraction of sp³-hybridized carbons (Fsp3) is 0.333. The van der Waals surface area contributed by atoms with Crippen molar-refractivity contribution in [3.05, 3.63) is 26.2 Å². The van der Waals surface area contributed by atoms with Gasteiger partial charge in [0.2, 0.25) is 0 Å². The number of hydrogen-bond donors (Lipinski definition) is 2. The Kier molecular flexibility index (Phi) is 5.23. The molecule has 2 nitrogen and oxygen atoms in total. The van der Waals surface area contributed by atoms with Crippen molar-refractivity contribution in [1.82, 2.24) is 0 Å². The zero-order valence-electron chi connectivity index (χ0n) is 7.90. The van der Waals surface area contributed by atoms with Crippen LogP contribution in [0, 0.1) is 13.8 Å². The number of rotatable bonds is 1. The second-order valence-corrected chi connectivity index (χ2v) is 4.08. The molecule has 0 bridgehead atoms. The average Bonchev–Trinajstić information content (AvgIpc) is 2.13. The molecule has 0 unspecified atom stereocenters. The second-order valence-electron chi connectivity index (χ2n) is 2.91. The molecule has 1 aromatic carbocycles. The Hall–Kier alpha value is 0.0400. The Morgan fingerprint density at radius 1 is 1.36 bits per heavy atom. The van der Waals surface area contributed by atoms with Gasteiger partial charge in [-0.25, -0.2) is 0 Å². The Morgan fingerprint density at radius 2 is 1.86 bits per heavy atom. The minimum absolute atomic E-state index is 0. The summed E-state index contributed by atoms with van der Waals surface area (Å²) >= 11 is 9.31. The molecule has 0 atom stereocenters. The predicted molar refractivity (Wildman–Crippen MR) is 65.4 cm³/mol. The van der Waals surface area contributed by atoms with Crippen molar-refractivity contribution in [3.8, 4) is 5.75 Å². The topological polar surface area (TPSA) is 46.2 Å². The molecule has 14 heavy (non-hydrogen) atoms. The third-order valence-corrected chi connectivity index (χ3v) is 3.68. The first-order valence-electron chi connectivity index (χ1n) is 3.86. The molecule has 0 radical (unpaired) electrons. The van der Waals surface area contributed by atoms with Crippen LogP contribution in [0.1, 0.15) is 16.7 Å². The van der Waals surface area contributed by atoms with Gasteiger partial charge < -0.3 is 10.8 Å². The van der Waals surface area contributed by atoms with Crippen molar-refractivity contribution in [3.63, 3.8) is 0 Å². The van der Waals surface area contributed by atoms with Crippen molar-refractivity contribution >= 4 is 39.9 Å². The number of phenolic OH excluding ortho intramolecular Hbond substituents is 1. The third kappa shape index (κ3) is 2.16. The lowest BCUT2D eigenvalue weighted by Crippen LogP contribution is -2.02. The number of benzene rings is 1. The number of phenols is 1. The summed E-state index contributed by atoms with van der Waals surface area (Å²) in [5.41, 5.74) is 7.89. The Labute approximate surface area is 103 Å². The molecule has 0 aliphatic heterocycles. The molecule has 5 heteroatoms. The Balaban J connectivity index is 0.00000169. The predicted octanol–water partition coefficient (Wildman–Crippen LogP) is 3.31. The number of halogens is 3. The summed E-state index contributed by atoms with van der Waals surface area (Å²) in [6, 6.07) is 0. The van der Waals surface area contributed by atoms with Crippen LogP contribution in [0.25, 0.3) is 0 Å². The molecule has 0 aromatic heterocycles. The summed E-state index contributed by atoms with van der Waals surface area (Å²) in [5.74, 6) is 0.196. The monoisotopic (exact) mass is 299 g/mol. The number of hydrogen-bond acceptors (Lipinski definition) is 2. The molecule has 80 valence electrons. The molecule has 0 fully saturated rings. The molecule has 0 amide bonds. The lowest BCUT2D eigenvalue weighted by molar-refractivity contribution is 0.463. The van der Waals surface area contributed by atoms with E-state index in [9.17, 15) is 5.11 Å². The van der Waals surface area contributed by atoms with Crippen LogP contribution in [0.15, 0.2) is 4.47 Å². The third-order valence-electron chi connectivity index (χ3n) is 2.14. The first kappa shape index (κ1) is 14.0. The SMILES string of the molecule is Cc1c(Cl)c(C)c(CN)c(O)c1Br.Cl. The second kappa shape index (κ2) is 5.21. The molecule has 0 saturated heterocycles. The zero-order valence-corrected chi connectivity index (χ0v) is 11.1. The summed E-state index contributed by atoms with van der Waals surface area (Å²) in [6.45, 7) is 3.99. The van der Waals surface area contributed by atoms with Crippen LogP contribution in [-0.2, 0) is 6.54 Å². The maximum Gasteiger partial charge on any atom is 0.134 e. The van der Waals surface area contributed by atoms with Crippen molar-refractivity contribution in [2.75, 3.05) is 0 Å². The molecule has 0 saturated carbocycles. The molecule has 1 aromatic rings. The van der Waals surface area contributed by atoms with Gasteiger partial charge in [0.25, 0.3) is 0 Å². The number of aromatic hydroxyl groups is 1. The van der Waals surface area contributed by atoms with Gasteiger partial charge in [0, 0.05) is 17.1 Å². The average molecular weight is 301 g/mol. The van der Waals surface area contributed by atoms with Gasteiger partial charge in [0.05, 0.1) is 4.47 Å². The molecule has 0 aliphatic carbocycles. The van der Waals surface area contributed by atoms with Crippen LogP contribution in [-0.4, -0.2) is 5.11 Å². The van der Waals surface area contributed by atoms with Gasteiger partial charge in [-0.2, -0.15) is 0 Å². The lowest BCUT2D eigenvalue weighted by atomic mass is 10.0. The smallest absolute Gasteiger partial charge is 0.134 e. The van der Waals surface area contributed by atoms with E-state index in [1.807, 2.05) is 13.8 Å². The van der Waals surface area contributed by atoms with Crippen molar-refractivity contribution in [2.24, 2.45) is 5.73 Å². The van der Waals surface area contributed by atoms with E-state index < -0.39 is 0 Å². The molecule has 0 heterocycles. The molecular formula is C9H12BrCl2NO. The van der Waals surface area contributed by atoms with E-state index in [0.717, 1.165) is 11.1 Å². The maximum absolute atomic E-state index is 9.70. The highest BCUT2D eigenvalue weighted by atomic mass is 79.9. The van der Waals surface area contributed by atoms with Gasteiger partial charge in [-0.05, 0) is 40.9 Å².